The van der Waals surface area contributed by atoms with Crippen LogP contribution in [-0.2, 0) is 0 Å². The van der Waals surface area contributed by atoms with Crippen LogP contribution in [0.5, 0.6) is 5.75 Å². The first-order chi connectivity index (χ1) is 9.52. The van der Waals surface area contributed by atoms with Crippen molar-refractivity contribution in [1.82, 2.24) is 0 Å². The van der Waals surface area contributed by atoms with Crippen LogP contribution >= 0.6 is 0 Å². The summed E-state index contributed by atoms with van der Waals surface area (Å²) in [4.78, 5) is 12.6. The average molecular weight is 273 g/mol. The van der Waals surface area contributed by atoms with Gasteiger partial charge in [0.2, 0.25) is 0 Å². The highest BCUT2D eigenvalue weighted by Gasteiger charge is 2.41. The van der Waals surface area contributed by atoms with Gasteiger partial charge in [0.05, 0.1) is 17.7 Å². The van der Waals surface area contributed by atoms with Crippen molar-refractivity contribution >= 4 is 11.5 Å². The Labute approximate surface area is 120 Å². The van der Waals surface area contributed by atoms with E-state index in [1.54, 1.807) is 0 Å². The van der Waals surface area contributed by atoms with Gasteiger partial charge in [0.15, 0.2) is 11.5 Å². The Morgan fingerprint density at radius 1 is 1.15 bits per heavy atom. The fourth-order valence-corrected chi connectivity index (χ4v) is 3.53. The molecular weight excluding hydrogens is 250 g/mol. The zero-order valence-electron chi connectivity index (χ0n) is 12.4. The van der Waals surface area contributed by atoms with Gasteiger partial charge in [-0.1, -0.05) is 12.8 Å². The lowest BCUT2D eigenvalue weighted by atomic mass is 9.83. The maximum atomic E-state index is 12.6. The first-order valence-electron chi connectivity index (χ1n) is 7.64. The van der Waals surface area contributed by atoms with Crippen molar-refractivity contribution in [2.75, 3.05) is 5.73 Å². The summed E-state index contributed by atoms with van der Waals surface area (Å²) in [5.41, 5.74) is 9.35. The second-order valence-electron chi connectivity index (χ2n) is 6.41. The molecule has 3 rings (SSSR count). The molecule has 1 fully saturated rings. The number of ketones is 1. The highest BCUT2D eigenvalue weighted by Crippen LogP contribution is 2.45. The van der Waals surface area contributed by atoms with Crippen LogP contribution in [0, 0.1) is 13.8 Å². The van der Waals surface area contributed by atoms with Gasteiger partial charge in [-0.05, 0) is 56.7 Å². The van der Waals surface area contributed by atoms with Crippen LogP contribution in [0.25, 0.3) is 0 Å². The molecule has 20 heavy (non-hydrogen) atoms. The topological polar surface area (TPSA) is 52.3 Å². The smallest absolute Gasteiger partial charge is 0.170 e. The molecule has 1 saturated carbocycles. The minimum atomic E-state index is -0.295. The van der Waals surface area contributed by atoms with E-state index in [9.17, 15) is 4.79 Å². The lowest BCUT2D eigenvalue weighted by Gasteiger charge is -2.38. The monoisotopic (exact) mass is 273 g/mol. The number of anilines is 1. The lowest BCUT2D eigenvalue weighted by Crippen LogP contribution is -2.42. The van der Waals surface area contributed by atoms with Crippen LogP contribution in [0.1, 0.15) is 66.4 Å². The third-order valence-corrected chi connectivity index (χ3v) is 4.96. The van der Waals surface area contributed by atoms with Gasteiger partial charge in [-0.25, -0.2) is 0 Å². The lowest BCUT2D eigenvalue weighted by molar-refractivity contribution is 0.0303. The van der Waals surface area contributed by atoms with E-state index in [1.807, 2.05) is 19.9 Å². The van der Waals surface area contributed by atoms with Crippen molar-refractivity contribution in [1.29, 1.82) is 0 Å². The van der Waals surface area contributed by atoms with E-state index in [-0.39, 0.29) is 11.4 Å². The Balaban J connectivity index is 2.05. The maximum Gasteiger partial charge on any atom is 0.170 e. The van der Waals surface area contributed by atoms with Crippen LogP contribution in [0.4, 0.5) is 5.69 Å². The quantitative estimate of drug-likeness (QED) is 0.728. The summed E-state index contributed by atoms with van der Waals surface area (Å²) in [5.74, 6) is 0.842. The van der Waals surface area contributed by atoms with Crippen molar-refractivity contribution in [3.8, 4) is 5.75 Å². The molecule has 0 unspecified atom stereocenters. The van der Waals surface area contributed by atoms with Gasteiger partial charge in [-0.15, -0.1) is 0 Å². The molecular formula is C17H23NO2. The molecule has 0 saturated heterocycles. The predicted molar refractivity (Wildman–Crippen MR) is 80.3 cm³/mol. The Hall–Kier alpha value is -1.51. The molecule has 3 nitrogen and oxygen atoms in total. The van der Waals surface area contributed by atoms with Crippen LogP contribution in [0.3, 0.4) is 0 Å². The molecule has 0 aromatic heterocycles. The van der Waals surface area contributed by atoms with Crippen molar-refractivity contribution in [2.45, 2.75) is 64.4 Å². The van der Waals surface area contributed by atoms with Crippen molar-refractivity contribution < 1.29 is 9.53 Å². The molecule has 2 aliphatic rings. The summed E-state index contributed by atoms with van der Waals surface area (Å²) < 4.78 is 6.33. The predicted octanol–water partition coefficient (Wildman–Crippen LogP) is 3.94. The Morgan fingerprint density at radius 3 is 2.45 bits per heavy atom. The normalized spacial score (nSPS) is 21.2. The number of aryl methyl sites for hydroxylation is 1. The number of nitrogens with two attached hydrogens (primary N) is 1. The molecule has 1 aromatic rings. The third-order valence-electron chi connectivity index (χ3n) is 4.96. The molecule has 3 heteroatoms. The van der Waals surface area contributed by atoms with Gasteiger partial charge in [-0.3, -0.25) is 4.79 Å². The number of fused-ring (bicyclic) bond motifs is 1. The molecule has 0 radical (unpaired) electrons. The zero-order chi connectivity index (χ0) is 14.3. The van der Waals surface area contributed by atoms with Gasteiger partial charge in [-0.2, -0.15) is 0 Å². The Kier molecular flexibility index (Phi) is 3.23. The largest absolute Gasteiger partial charge is 0.484 e. The van der Waals surface area contributed by atoms with E-state index in [0.29, 0.717) is 23.4 Å². The minimum Gasteiger partial charge on any atom is -0.484 e. The summed E-state index contributed by atoms with van der Waals surface area (Å²) in [6, 6.07) is 1.94. The van der Waals surface area contributed by atoms with E-state index in [4.69, 9.17) is 10.5 Å². The fraction of sp³-hybridized carbons (Fsp3) is 0.588. The zero-order valence-corrected chi connectivity index (χ0v) is 12.4. The molecule has 0 bridgehead atoms. The summed E-state index contributed by atoms with van der Waals surface area (Å²) >= 11 is 0. The minimum absolute atomic E-state index is 0.197. The maximum absolute atomic E-state index is 12.6. The Bertz CT molecular complexity index is 555. The van der Waals surface area contributed by atoms with Crippen LogP contribution in [0.2, 0.25) is 0 Å². The van der Waals surface area contributed by atoms with Crippen LogP contribution in [0.15, 0.2) is 6.07 Å². The summed E-state index contributed by atoms with van der Waals surface area (Å²) in [7, 11) is 0. The van der Waals surface area contributed by atoms with Crippen LogP contribution in [-0.4, -0.2) is 11.4 Å². The molecule has 108 valence electrons. The Morgan fingerprint density at radius 2 is 1.80 bits per heavy atom. The number of carbonyl (C=O) groups is 1. The summed E-state index contributed by atoms with van der Waals surface area (Å²) in [6.45, 7) is 3.99. The second kappa shape index (κ2) is 4.80. The highest BCUT2D eigenvalue weighted by molar-refractivity contribution is 6.02. The van der Waals surface area contributed by atoms with Crippen molar-refractivity contribution in [3.05, 3.63) is 22.8 Å². The third kappa shape index (κ3) is 2.09. The first-order valence-corrected chi connectivity index (χ1v) is 7.64. The average Bonchev–Trinajstić information content (AvgIpc) is 2.64. The van der Waals surface area contributed by atoms with Gasteiger partial charge >= 0.3 is 0 Å². The molecule has 0 amide bonds. The number of benzene rings is 1. The van der Waals surface area contributed by atoms with E-state index in [1.165, 1.54) is 12.8 Å². The molecule has 2 N–H and O–H groups in total. The van der Waals surface area contributed by atoms with Gasteiger partial charge in [0.25, 0.3) is 0 Å². The van der Waals surface area contributed by atoms with Gasteiger partial charge in [0.1, 0.15) is 5.60 Å². The number of rotatable bonds is 0. The van der Waals surface area contributed by atoms with E-state index < -0.39 is 0 Å². The molecule has 1 spiro atoms. The molecule has 1 aromatic carbocycles. The highest BCUT2D eigenvalue weighted by atomic mass is 16.5. The second-order valence-corrected chi connectivity index (χ2v) is 6.41. The number of hydrogen-bond donors (Lipinski definition) is 1. The number of Topliss-reactive ketones (excluding diaryl/α,β-unsaturated/α-hetero) is 1. The number of ether oxygens (including phenoxy) is 1. The van der Waals surface area contributed by atoms with E-state index in [0.717, 1.165) is 36.8 Å². The number of hydrogen-bond acceptors (Lipinski definition) is 3. The fourth-order valence-electron chi connectivity index (χ4n) is 3.53. The first kappa shape index (κ1) is 13.5. The molecule has 1 aliphatic carbocycles. The molecule has 1 heterocycles. The van der Waals surface area contributed by atoms with Gasteiger partial charge in [0, 0.05) is 0 Å². The number of carbonyl (C=O) groups excluding carboxylic acids is 1. The molecule has 0 atom stereocenters. The number of nitrogen functional groups attached to an aromatic ring is 1. The van der Waals surface area contributed by atoms with Gasteiger partial charge < -0.3 is 10.5 Å². The SMILES string of the molecule is Cc1cc2c(c(N)c1C)OC1(CCCCCC1)CC2=O. The van der Waals surface area contributed by atoms with Crippen molar-refractivity contribution in [2.24, 2.45) is 0 Å². The summed E-state index contributed by atoms with van der Waals surface area (Å²) in [5, 5.41) is 0. The van der Waals surface area contributed by atoms with Crippen LogP contribution < -0.4 is 10.5 Å². The standard InChI is InChI=1S/C17H23NO2/c1-11-9-13-14(19)10-17(7-5-3-4-6-8-17)20-16(13)15(18)12(11)2/h9H,3-8,10,18H2,1-2H3. The van der Waals surface area contributed by atoms with E-state index >= 15 is 0 Å². The van der Waals surface area contributed by atoms with E-state index in [2.05, 4.69) is 0 Å². The van der Waals surface area contributed by atoms with Crippen molar-refractivity contribution in [3.63, 3.8) is 0 Å². The summed E-state index contributed by atoms with van der Waals surface area (Å²) in [6.07, 6.45) is 7.25. The molecule has 1 aliphatic heterocycles.